The Labute approximate surface area is 174 Å². The van der Waals surface area contributed by atoms with Crippen molar-refractivity contribution >= 4 is 17.5 Å². The van der Waals surface area contributed by atoms with Crippen molar-refractivity contribution < 1.29 is 19.0 Å². The molecule has 5 heteroatoms. The maximum atomic E-state index is 12.3. The van der Waals surface area contributed by atoms with Gasteiger partial charge in [-0.15, -0.1) is 6.42 Å². The molecule has 0 fully saturated rings. The van der Waals surface area contributed by atoms with Gasteiger partial charge in [0.25, 0.3) is 0 Å². The summed E-state index contributed by atoms with van der Waals surface area (Å²) in [6.07, 6.45) is 5.67. The number of carbonyl (C=O) groups is 1. The first-order valence-electron chi connectivity index (χ1n) is 9.90. The molecule has 4 nitrogen and oxygen atoms in total. The number of carbonyl (C=O) groups excluding carboxylic acids is 1. The second kappa shape index (κ2) is 14.5. The van der Waals surface area contributed by atoms with E-state index in [1.165, 1.54) is 5.56 Å². The van der Waals surface area contributed by atoms with Crippen molar-refractivity contribution in [2.75, 3.05) is 38.8 Å². The van der Waals surface area contributed by atoms with E-state index in [1.807, 2.05) is 37.7 Å². The summed E-state index contributed by atoms with van der Waals surface area (Å²) in [5.74, 6) is 5.23. The van der Waals surface area contributed by atoms with E-state index in [-0.39, 0.29) is 11.2 Å². The van der Waals surface area contributed by atoms with Crippen LogP contribution in [0, 0.1) is 24.2 Å². The quantitative estimate of drug-likeness (QED) is 0.310. The van der Waals surface area contributed by atoms with Gasteiger partial charge in [0.15, 0.2) is 0 Å². The van der Waals surface area contributed by atoms with E-state index in [0.717, 1.165) is 11.5 Å². The highest BCUT2D eigenvalue weighted by Crippen LogP contribution is 2.35. The number of terminal acetylenes is 1. The summed E-state index contributed by atoms with van der Waals surface area (Å²) in [5.41, 5.74) is 1.17. The molecule has 0 saturated heterocycles. The summed E-state index contributed by atoms with van der Waals surface area (Å²) in [4.78, 5) is 12.3. The lowest BCUT2D eigenvalue weighted by atomic mass is 10.0. The van der Waals surface area contributed by atoms with Gasteiger partial charge in [0.05, 0.1) is 19.8 Å². The van der Waals surface area contributed by atoms with Gasteiger partial charge in [-0.2, -0.15) is 11.8 Å². The Morgan fingerprint density at radius 1 is 1.04 bits per heavy atom. The molecule has 1 aromatic carbocycles. The van der Waals surface area contributed by atoms with Crippen LogP contribution in [0.1, 0.15) is 44.9 Å². The molecular formula is C23H34O4S. The van der Waals surface area contributed by atoms with Crippen LogP contribution in [0.4, 0.5) is 0 Å². The largest absolute Gasteiger partial charge is 0.491 e. The lowest BCUT2D eigenvalue weighted by Crippen LogP contribution is -2.12. The molecule has 1 aromatic rings. The average Bonchev–Trinajstić information content (AvgIpc) is 2.67. The van der Waals surface area contributed by atoms with Gasteiger partial charge < -0.3 is 14.2 Å². The minimum atomic E-state index is 0.0710. The minimum Gasteiger partial charge on any atom is -0.491 e. The molecule has 0 aromatic heterocycles. The topological polar surface area (TPSA) is 44.8 Å². The molecule has 1 unspecified atom stereocenters. The average molecular weight is 407 g/mol. The van der Waals surface area contributed by atoms with E-state index in [9.17, 15) is 4.79 Å². The smallest absolute Gasteiger partial charge is 0.136 e. The van der Waals surface area contributed by atoms with Gasteiger partial charge in [0.1, 0.15) is 24.7 Å². The Kier molecular flexibility index (Phi) is 12.7. The molecular weight excluding hydrogens is 372 g/mol. The molecule has 0 amide bonds. The van der Waals surface area contributed by atoms with E-state index < -0.39 is 0 Å². The summed E-state index contributed by atoms with van der Waals surface area (Å²) in [7, 11) is 0. The fourth-order valence-electron chi connectivity index (χ4n) is 2.35. The van der Waals surface area contributed by atoms with Gasteiger partial charge in [-0.3, -0.25) is 4.79 Å². The highest BCUT2D eigenvalue weighted by atomic mass is 32.2. The second-order valence-corrected chi connectivity index (χ2v) is 8.56. The molecule has 0 aliphatic rings. The van der Waals surface area contributed by atoms with E-state index in [0.29, 0.717) is 51.2 Å². The number of hydrogen-bond donors (Lipinski definition) is 0. The van der Waals surface area contributed by atoms with E-state index in [4.69, 9.17) is 20.6 Å². The highest BCUT2D eigenvalue weighted by Gasteiger charge is 2.19. The van der Waals surface area contributed by atoms with Crippen LogP contribution in [0.2, 0.25) is 0 Å². The molecule has 0 N–H and O–H groups in total. The lowest BCUT2D eigenvalue weighted by molar-refractivity contribution is -0.121. The third kappa shape index (κ3) is 10.8. The SMILES string of the molecule is C#CCOCCOCCOc1ccc(C(CC(=O)C(C)C)SCC(C)C)cc1. The Morgan fingerprint density at radius 2 is 1.68 bits per heavy atom. The van der Waals surface area contributed by atoms with Crippen molar-refractivity contribution in [1.82, 2.24) is 0 Å². The number of ether oxygens (including phenoxy) is 3. The molecule has 0 aliphatic heterocycles. The van der Waals surface area contributed by atoms with Crippen molar-refractivity contribution in [1.29, 1.82) is 0 Å². The maximum Gasteiger partial charge on any atom is 0.136 e. The third-order valence-corrected chi connectivity index (χ3v) is 5.67. The number of Topliss-reactive ketones (excluding diaryl/α,β-unsaturated/α-hetero) is 1. The van der Waals surface area contributed by atoms with E-state index >= 15 is 0 Å². The Balaban J connectivity index is 2.47. The summed E-state index contributed by atoms with van der Waals surface area (Å²) >= 11 is 1.86. The standard InChI is InChI=1S/C23H34O4S/c1-6-11-25-12-13-26-14-15-27-21-9-7-20(8-10-21)23(28-17-18(2)3)16-22(24)19(4)5/h1,7-10,18-19,23H,11-17H2,2-5H3. The van der Waals surface area contributed by atoms with Crippen molar-refractivity contribution in [2.45, 2.75) is 39.4 Å². The van der Waals surface area contributed by atoms with Crippen LogP contribution in [0.25, 0.3) is 0 Å². The predicted octanol–water partition coefficient (Wildman–Crippen LogP) is 4.78. The van der Waals surface area contributed by atoms with Crippen LogP contribution in [0.5, 0.6) is 5.75 Å². The maximum absolute atomic E-state index is 12.3. The molecule has 0 radical (unpaired) electrons. The van der Waals surface area contributed by atoms with E-state index in [2.05, 4.69) is 31.9 Å². The monoisotopic (exact) mass is 406 g/mol. The molecule has 0 saturated carbocycles. The van der Waals surface area contributed by atoms with Crippen molar-refractivity contribution in [3.8, 4) is 18.1 Å². The zero-order valence-electron chi connectivity index (χ0n) is 17.6. The molecule has 0 spiro atoms. The van der Waals surface area contributed by atoms with Crippen molar-refractivity contribution in [3.63, 3.8) is 0 Å². The van der Waals surface area contributed by atoms with Crippen LogP contribution < -0.4 is 4.74 Å². The second-order valence-electron chi connectivity index (χ2n) is 7.33. The van der Waals surface area contributed by atoms with Crippen LogP contribution in [0.15, 0.2) is 24.3 Å². The zero-order chi connectivity index (χ0) is 20.8. The molecule has 0 heterocycles. The Hall–Kier alpha value is -1.48. The Bertz CT molecular complexity index is 590. The van der Waals surface area contributed by atoms with Gasteiger partial charge in [-0.25, -0.2) is 0 Å². The first-order chi connectivity index (χ1) is 13.4. The van der Waals surface area contributed by atoms with Crippen LogP contribution in [-0.4, -0.2) is 44.6 Å². The zero-order valence-corrected chi connectivity index (χ0v) is 18.4. The molecule has 0 bridgehead atoms. The van der Waals surface area contributed by atoms with Gasteiger partial charge >= 0.3 is 0 Å². The molecule has 1 rings (SSSR count). The van der Waals surface area contributed by atoms with Gasteiger partial charge in [-0.1, -0.05) is 45.7 Å². The first kappa shape index (κ1) is 24.6. The summed E-state index contributed by atoms with van der Waals surface area (Å²) in [5, 5.41) is 0.192. The number of benzene rings is 1. The van der Waals surface area contributed by atoms with Crippen LogP contribution >= 0.6 is 11.8 Å². The summed E-state index contributed by atoms with van der Waals surface area (Å²) in [6.45, 7) is 10.6. The first-order valence-corrected chi connectivity index (χ1v) is 10.9. The third-order valence-electron chi connectivity index (χ3n) is 3.97. The number of rotatable bonds is 15. The van der Waals surface area contributed by atoms with Gasteiger partial charge in [0, 0.05) is 17.6 Å². The molecule has 28 heavy (non-hydrogen) atoms. The Morgan fingerprint density at radius 3 is 2.29 bits per heavy atom. The normalized spacial score (nSPS) is 12.2. The van der Waals surface area contributed by atoms with Crippen LogP contribution in [0.3, 0.4) is 0 Å². The highest BCUT2D eigenvalue weighted by molar-refractivity contribution is 7.99. The van der Waals surface area contributed by atoms with Gasteiger partial charge in [-0.05, 0) is 29.4 Å². The van der Waals surface area contributed by atoms with Crippen molar-refractivity contribution in [3.05, 3.63) is 29.8 Å². The molecule has 1 atom stereocenters. The van der Waals surface area contributed by atoms with Crippen LogP contribution in [-0.2, 0) is 14.3 Å². The summed E-state index contributed by atoms with van der Waals surface area (Å²) in [6, 6.07) is 8.06. The predicted molar refractivity (Wildman–Crippen MR) is 117 cm³/mol. The number of ketones is 1. The van der Waals surface area contributed by atoms with Gasteiger partial charge in [0.2, 0.25) is 0 Å². The molecule has 156 valence electrons. The van der Waals surface area contributed by atoms with Crippen molar-refractivity contribution in [2.24, 2.45) is 11.8 Å². The van der Waals surface area contributed by atoms with E-state index in [1.54, 1.807) is 0 Å². The number of hydrogen-bond acceptors (Lipinski definition) is 5. The molecule has 0 aliphatic carbocycles. The fourth-order valence-corrected chi connectivity index (χ4v) is 3.60. The number of thioether (sulfide) groups is 1. The minimum absolute atomic E-state index is 0.0710. The summed E-state index contributed by atoms with van der Waals surface area (Å²) < 4.78 is 16.3. The fraction of sp³-hybridized carbons (Fsp3) is 0.609. The lowest BCUT2D eigenvalue weighted by Gasteiger charge is -2.19.